The van der Waals surface area contributed by atoms with Gasteiger partial charge in [0.05, 0.1) is 11.9 Å². The second-order valence-electron chi connectivity index (χ2n) is 5.30. The highest BCUT2D eigenvalue weighted by molar-refractivity contribution is 7.85. The minimum Gasteiger partial charge on any atom is -0.391 e. The van der Waals surface area contributed by atoms with Crippen LogP contribution in [0, 0.1) is 0 Å². The van der Waals surface area contributed by atoms with E-state index in [1.807, 2.05) is 0 Å². The first-order valence-electron chi connectivity index (χ1n) is 6.13. The highest BCUT2D eigenvalue weighted by Gasteiger charge is 2.14. The zero-order chi connectivity index (χ0) is 12.6. The molecule has 3 nitrogen and oxygen atoms in total. The van der Waals surface area contributed by atoms with Crippen LogP contribution in [-0.2, 0) is 10.8 Å². The first kappa shape index (κ1) is 16.1. The summed E-state index contributed by atoms with van der Waals surface area (Å²) in [5.74, 6) is 1.12. The summed E-state index contributed by atoms with van der Waals surface area (Å²) >= 11 is 0. The van der Waals surface area contributed by atoms with Crippen molar-refractivity contribution in [3.8, 4) is 0 Å². The van der Waals surface area contributed by atoms with E-state index in [1.165, 1.54) is 0 Å². The first-order valence-corrected chi connectivity index (χ1v) is 7.62. The van der Waals surface area contributed by atoms with E-state index in [1.54, 1.807) is 0 Å². The Bertz CT molecular complexity index is 202. The lowest BCUT2D eigenvalue weighted by Gasteiger charge is -2.22. The van der Waals surface area contributed by atoms with Crippen LogP contribution in [0.1, 0.15) is 47.0 Å². The van der Waals surface area contributed by atoms with Gasteiger partial charge in [0.15, 0.2) is 0 Å². The average molecular weight is 249 g/mol. The van der Waals surface area contributed by atoms with Gasteiger partial charge in [0.25, 0.3) is 0 Å². The SMILES string of the molecule is CCCCCS(=O)CC(O)CNC(C)(C)C. The molecule has 0 aromatic carbocycles. The Labute approximate surface area is 102 Å². The zero-order valence-corrected chi connectivity index (χ0v) is 11.9. The van der Waals surface area contributed by atoms with Crippen LogP contribution in [0.15, 0.2) is 0 Å². The molecule has 0 saturated heterocycles. The van der Waals surface area contributed by atoms with Crippen LogP contribution >= 0.6 is 0 Å². The molecule has 0 fully saturated rings. The number of nitrogens with one attached hydrogen (secondary N) is 1. The van der Waals surface area contributed by atoms with E-state index in [2.05, 4.69) is 33.0 Å². The number of aliphatic hydroxyl groups excluding tert-OH is 1. The van der Waals surface area contributed by atoms with Gasteiger partial charge in [-0.1, -0.05) is 19.8 Å². The van der Waals surface area contributed by atoms with Crippen molar-refractivity contribution in [3.05, 3.63) is 0 Å². The van der Waals surface area contributed by atoms with Gasteiger partial charge in [-0.25, -0.2) is 0 Å². The standard InChI is InChI=1S/C12H27NO2S/c1-5-6-7-8-16(15)10-11(14)9-13-12(2,3)4/h11,13-14H,5-10H2,1-4H3. The summed E-state index contributed by atoms with van der Waals surface area (Å²) in [5, 5.41) is 12.9. The summed E-state index contributed by atoms with van der Waals surface area (Å²) in [6.07, 6.45) is 2.78. The van der Waals surface area contributed by atoms with Crippen molar-refractivity contribution in [2.24, 2.45) is 0 Å². The lowest BCUT2D eigenvalue weighted by atomic mass is 10.1. The zero-order valence-electron chi connectivity index (χ0n) is 11.1. The van der Waals surface area contributed by atoms with Crippen molar-refractivity contribution >= 4 is 10.8 Å². The molecular formula is C12H27NO2S. The molecule has 0 aliphatic rings. The van der Waals surface area contributed by atoms with Crippen LogP contribution in [0.2, 0.25) is 0 Å². The average Bonchev–Trinajstić information content (AvgIpc) is 2.14. The Hall–Kier alpha value is 0.0700. The van der Waals surface area contributed by atoms with E-state index in [0.717, 1.165) is 25.0 Å². The van der Waals surface area contributed by atoms with E-state index < -0.39 is 16.9 Å². The maximum Gasteiger partial charge on any atom is 0.0779 e. The molecule has 0 heterocycles. The molecule has 0 amide bonds. The number of unbranched alkanes of at least 4 members (excludes halogenated alkanes) is 2. The van der Waals surface area contributed by atoms with Crippen LogP contribution in [0.4, 0.5) is 0 Å². The number of aliphatic hydroxyl groups is 1. The third-order valence-electron chi connectivity index (χ3n) is 2.22. The predicted octanol–water partition coefficient (Wildman–Crippen LogP) is 1.67. The number of hydrogen-bond donors (Lipinski definition) is 2. The van der Waals surface area contributed by atoms with E-state index in [4.69, 9.17) is 0 Å². The number of hydrogen-bond acceptors (Lipinski definition) is 3. The quantitative estimate of drug-likeness (QED) is 0.643. The Morgan fingerprint density at radius 1 is 1.31 bits per heavy atom. The second kappa shape index (κ2) is 8.20. The van der Waals surface area contributed by atoms with Gasteiger partial charge in [-0.05, 0) is 27.2 Å². The van der Waals surface area contributed by atoms with Crippen LogP contribution < -0.4 is 5.32 Å². The maximum atomic E-state index is 11.6. The minimum absolute atomic E-state index is 0.00465. The molecule has 16 heavy (non-hydrogen) atoms. The summed E-state index contributed by atoms with van der Waals surface area (Å²) in [4.78, 5) is 0. The van der Waals surface area contributed by atoms with Crippen LogP contribution in [0.3, 0.4) is 0 Å². The second-order valence-corrected chi connectivity index (χ2v) is 6.92. The number of β-amino-alcohol motifs (C(OH)–C–C–N with tert-alkyl or cyclic N) is 1. The monoisotopic (exact) mass is 249 g/mol. The Morgan fingerprint density at radius 2 is 1.94 bits per heavy atom. The lowest BCUT2D eigenvalue weighted by molar-refractivity contribution is 0.182. The smallest absolute Gasteiger partial charge is 0.0779 e. The van der Waals surface area contributed by atoms with Crippen LogP contribution in [0.25, 0.3) is 0 Å². The Kier molecular flexibility index (Phi) is 8.24. The summed E-state index contributed by atoms with van der Waals surface area (Å²) in [5.41, 5.74) is 0.00465. The topological polar surface area (TPSA) is 49.3 Å². The van der Waals surface area contributed by atoms with E-state index in [-0.39, 0.29) is 5.54 Å². The van der Waals surface area contributed by atoms with E-state index >= 15 is 0 Å². The molecule has 0 bridgehead atoms. The third-order valence-corrected chi connectivity index (χ3v) is 3.72. The van der Waals surface area contributed by atoms with Crippen molar-refractivity contribution in [2.45, 2.75) is 58.6 Å². The van der Waals surface area contributed by atoms with Crippen molar-refractivity contribution in [1.29, 1.82) is 0 Å². The number of rotatable bonds is 8. The largest absolute Gasteiger partial charge is 0.391 e. The third kappa shape index (κ3) is 10.6. The lowest BCUT2D eigenvalue weighted by Crippen LogP contribution is -2.42. The molecule has 0 aromatic rings. The van der Waals surface area contributed by atoms with Gasteiger partial charge in [0, 0.05) is 28.6 Å². The summed E-state index contributed by atoms with van der Waals surface area (Å²) in [6, 6.07) is 0. The highest BCUT2D eigenvalue weighted by atomic mass is 32.2. The van der Waals surface area contributed by atoms with Crippen LogP contribution in [-0.4, -0.2) is 39.0 Å². The Balaban J connectivity index is 3.62. The Morgan fingerprint density at radius 3 is 2.44 bits per heavy atom. The molecular weight excluding hydrogens is 222 g/mol. The molecule has 0 aromatic heterocycles. The van der Waals surface area contributed by atoms with Gasteiger partial charge in [0.1, 0.15) is 0 Å². The van der Waals surface area contributed by atoms with Crippen molar-refractivity contribution < 1.29 is 9.32 Å². The highest BCUT2D eigenvalue weighted by Crippen LogP contribution is 2.01. The summed E-state index contributed by atoms with van der Waals surface area (Å²) in [7, 11) is -0.870. The fourth-order valence-corrected chi connectivity index (χ4v) is 2.53. The minimum atomic E-state index is -0.870. The van der Waals surface area contributed by atoms with Crippen molar-refractivity contribution in [3.63, 3.8) is 0 Å². The van der Waals surface area contributed by atoms with Gasteiger partial charge in [-0.15, -0.1) is 0 Å². The summed E-state index contributed by atoms with van der Waals surface area (Å²) < 4.78 is 11.6. The normalized spacial score (nSPS) is 16.1. The van der Waals surface area contributed by atoms with Crippen molar-refractivity contribution in [2.75, 3.05) is 18.1 Å². The molecule has 2 atom stereocenters. The van der Waals surface area contributed by atoms with Gasteiger partial charge >= 0.3 is 0 Å². The van der Waals surface area contributed by atoms with Crippen molar-refractivity contribution in [1.82, 2.24) is 5.32 Å². The molecule has 0 aliphatic heterocycles. The van der Waals surface area contributed by atoms with Crippen LogP contribution in [0.5, 0.6) is 0 Å². The molecule has 98 valence electrons. The first-order chi connectivity index (χ1) is 7.35. The fourth-order valence-electron chi connectivity index (χ4n) is 1.29. The predicted molar refractivity (Wildman–Crippen MR) is 71.2 cm³/mol. The van der Waals surface area contributed by atoms with Gasteiger partial charge in [0.2, 0.25) is 0 Å². The molecule has 0 radical (unpaired) electrons. The van der Waals surface area contributed by atoms with Gasteiger partial charge < -0.3 is 10.4 Å². The van der Waals surface area contributed by atoms with E-state index in [9.17, 15) is 9.32 Å². The van der Waals surface area contributed by atoms with E-state index in [0.29, 0.717) is 12.3 Å². The molecule has 0 spiro atoms. The van der Waals surface area contributed by atoms with Gasteiger partial charge in [-0.3, -0.25) is 4.21 Å². The molecule has 4 heteroatoms. The molecule has 0 aliphatic carbocycles. The molecule has 0 rings (SSSR count). The molecule has 2 N–H and O–H groups in total. The molecule has 0 saturated carbocycles. The summed E-state index contributed by atoms with van der Waals surface area (Å²) in [6.45, 7) is 8.81. The van der Waals surface area contributed by atoms with Gasteiger partial charge in [-0.2, -0.15) is 0 Å². The molecule has 2 unspecified atom stereocenters. The maximum absolute atomic E-state index is 11.6. The fraction of sp³-hybridized carbons (Fsp3) is 1.00.